The van der Waals surface area contributed by atoms with E-state index in [2.05, 4.69) is 5.32 Å². The number of benzene rings is 2. The maximum atomic E-state index is 13.3. The van der Waals surface area contributed by atoms with Crippen LogP contribution in [0.2, 0.25) is 0 Å². The lowest BCUT2D eigenvalue weighted by Crippen LogP contribution is -2.50. The lowest BCUT2D eigenvalue weighted by molar-refractivity contribution is -0.137. The summed E-state index contributed by atoms with van der Waals surface area (Å²) in [6.07, 6.45) is -1.51. The number of hydrogen-bond donors (Lipinski definition) is 1. The van der Waals surface area contributed by atoms with E-state index in [0.717, 1.165) is 25.0 Å². The van der Waals surface area contributed by atoms with E-state index in [1.165, 1.54) is 6.07 Å². The van der Waals surface area contributed by atoms with Gasteiger partial charge in [0.25, 0.3) is 0 Å². The van der Waals surface area contributed by atoms with Gasteiger partial charge in [-0.05, 0) is 42.2 Å². The molecule has 1 aliphatic heterocycles. The van der Waals surface area contributed by atoms with Gasteiger partial charge in [-0.25, -0.2) is 8.42 Å². The van der Waals surface area contributed by atoms with Gasteiger partial charge in [-0.2, -0.15) is 13.2 Å². The zero-order valence-corrected chi connectivity index (χ0v) is 17.4. The van der Waals surface area contributed by atoms with Gasteiger partial charge in [0.05, 0.1) is 22.3 Å². The SMILES string of the molecule is CCCC[C@]1(CC)CS(=O)(=O)c2ccccc2[C@H](c2cccc(C(F)(F)F)c2)N1. The summed E-state index contributed by atoms with van der Waals surface area (Å²) < 4.78 is 66.3. The third-order valence-corrected chi connectivity index (χ3v) is 7.69. The molecule has 0 fully saturated rings. The fourth-order valence-corrected chi connectivity index (χ4v) is 6.21. The molecule has 1 heterocycles. The number of alkyl halides is 3. The molecule has 0 aliphatic carbocycles. The number of fused-ring (bicyclic) bond motifs is 1. The third-order valence-electron chi connectivity index (χ3n) is 5.71. The largest absolute Gasteiger partial charge is 0.416 e. The minimum absolute atomic E-state index is 0.0665. The maximum absolute atomic E-state index is 13.3. The fourth-order valence-electron chi connectivity index (χ4n) is 4.07. The first-order chi connectivity index (χ1) is 13.6. The Hall–Kier alpha value is -1.86. The number of rotatable bonds is 5. The van der Waals surface area contributed by atoms with Gasteiger partial charge in [0.2, 0.25) is 0 Å². The fraction of sp³-hybridized carbons (Fsp3) is 0.455. The first-order valence-electron chi connectivity index (χ1n) is 9.88. The highest BCUT2D eigenvalue weighted by Crippen LogP contribution is 2.39. The van der Waals surface area contributed by atoms with Gasteiger partial charge in [-0.3, -0.25) is 5.32 Å². The minimum atomic E-state index is -4.46. The topological polar surface area (TPSA) is 46.2 Å². The van der Waals surface area contributed by atoms with Crippen LogP contribution in [0.1, 0.15) is 62.3 Å². The van der Waals surface area contributed by atoms with Crippen LogP contribution in [0, 0.1) is 0 Å². The van der Waals surface area contributed by atoms with Gasteiger partial charge < -0.3 is 0 Å². The molecule has 29 heavy (non-hydrogen) atoms. The number of nitrogens with one attached hydrogen (secondary N) is 1. The van der Waals surface area contributed by atoms with E-state index in [1.807, 2.05) is 13.8 Å². The van der Waals surface area contributed by atoms with Crippen LogP contribution in [0.5, 0.6) is 0 Å². The average molecular weight is 426 g/mol. The molecule has 0 unspecified atom stereocenters. The number of unbranched alkanes of at least 4 members (excludes halogenated alkanes) is 1. The molecule has 0 amide bonds. The summed E-state index contributed by atoms with van der Waals surface area (Å²) in [7, 11) is -3.59. The first-order valence-corrected chi connectivity index (χ1v) is 11.5. The van der Waals surface area contributed by atoms with Crippen molar-refractivity contribution in [2.45, 2.75) is 62.2 Å². The molecule has 0 aromatic heterocycles. The van der Waals surface area contributed by atoms with E-state index in [9.17, 15) is 21.6 Å². The Kier molecular flexibility index (Phi) is 6.11. The van der Waals surface area contributed by atoms with Gasteiger partial charge in [0.1, 0.15) is 0 Å². The van der Waals surface area contributed by atoms with Crippen LogP contribution in [-0.4, -0.2) is 19.7 Å². The van der Waals surface area contributed by atoms with E-state index < -0.39 is 33.2 Å². The zero-order chi connectivity index (χ0) is 21.3. The van der Waals surface area contributed by atoms with E-state index in [4.69, 9.17) is 0 Å². The molecule has 0 bridgehead atoms. The van der Waals surface area contributed by atoms with Gasteiger partial charge in [0, 0.05) is 5.54 Å². The second kappa shape index (κ2) is 8.11. The maximum Gasteiger partial charge on any atom is 0.416 e. The molecular weight excluding hydrogens is 399 g/mol. The van der Waals surface area contributed by atoms with Crippen molar-refractivity contribution in [3.05, 3.63) is 65.2 Å². The lowest BCUT2D eigenvalue weighted by Gasteiger charge is -2.36. The van der Waals surface area contributed by atoms with Crippen molar-refractivity contribution in [3.8, 4) is 0 Å². The molecule has 3 rings (SSSR count). The van der Waals surface area contributed by atoms with E-state index in [-0.39, 0.29) is 10.6 Å². The van der Waals surface area contributed by atoms with Gasteiger partial charge in [-0.15, -0.1) is 0 Å². The Labute approximate surface area is 170 Å². The molecule has 0 saturated heterocycles. The summed E-state index contributed by atoms with van der Waals surface area (Å²) in [4.78, 5) is 0.196. The van der Waals surface area contributed by atoms with Crippen molar-refractivity contribution in [2.24, 2.45) is 0 Å². The molecule has 7 heteroatoms. The van der Waals surface area contributed by atoms with Crippen LogP contribution in [0.25, 0.3) is 0 Å². The summed E-state index contributed by atoms with van der Waals surface area (Å²) in [5.74, 6) is -0.0665. The standard InChI is InChI=1S/C22H26F3NO2S/c1-3-5-13-21(4-2)15-29(27,28)19-12-7-6-11-18(19)20(26-21)16-9-8-10-17(14-16)22(23,24)25/h6-12,14,20,26H,3-5,13,15H2,1-2H3/t20-,21+/m0/s1. The number of sulfone groups is 1. The Bertz CT molecular complexity index is 972. The summed E-state index contributed by atoms with van der Waals surface area (Å²) >= 11 is 0. The Balaban J connectivity index is 2.20. The van der Waals surface area contributed by atoms with Gasteiger partial charge in [-0.1, -0.05) is 57.0 Å². The molecule has 158 valence electrons. The van der Waals surface area contributed by atoms with E-state index in [0.29, 0.717) is 24.0 Å². The van der Waals surface area contributed by atoms with Crippen molar-refractivity contribution in [1.29, 1.82) is 0 Å². The predicted octanol–water partition coefficient (Wildman–Crippen LogP) is 5.51. The molecule has 2 aromatic carbocycles. The second-order valence-corrected chi connectivity index (χ2v) is 9.69. The van der Waals surface area contributed by atoms with Crippen molar-refractivity contribution in [2.75, 3.05) is 5.75 Å². The molecule has 3 nitrogen and oxygen atoms in total. The Morgan fingerprint density at radius 2 is 1.83 bits per heavy atom. The minimum Gasteiger partial charge on any atom is -0.300 e. The molecule has 1 aliphatic rings. The molecular formula is C22H26F3NO2S. The molecule has 0 saturated carbocycles. The van der Waals surface area contributed by atoms with Crippen LogP contribution >= 0.6 is 0 Å². The highest BCUT2D eigenvalue weighted by molar-refractivity contribution is 7.91. The Morgan fingerprint density at radius 1 is 1.10 bits per heavy atom. The van der Waals surface area contributed by atoms with Crippen LogP contribution in [0.15, 0.2) is 53.4 Å². The average Bonchev–Trinajstić information content (AvgIpc) is 2.79. The predicted molar refractivity (Wildman–Crippen MR) is 107 cm³/mol. The lowest BCUT2D eigenvalue weighted by atomic mass is 9.87. The quantitative estimate of drug-likeness (QED) is 0.687. The van der Waals surface area contributed by atoms with Crippen LogP contribution in [0.3, 0.4) is 0 Å². The summed E-state index contributed by atoms with van der Waals surface area (Å²) in [5, 5.41) is 3.47. The highest BCUT2D eigenvalue weighted by atomic mass is 32.2. The molecule has 0 spiro atoms. The van der Waals surface area contributed by atoms with Crippen molar-refractivity contribution < 1.29 is 21.6 Å². The molecule has 2 aromatic rings. The zero-order valence-electron chi connectivity index (χ0n) is 16.6. The van der Waals surface area contributed by atoms with Crippen LogP contribution in [0.4, 0.5) is 13.2 Å². The first kappa shape index (κ1) is 21.8. The summed E-state index contributed by atoms with van der Waals surface area (Å²) in [6.45, 7) is 3.96. The highest BCUT2D eigenvalue weighted by Gasteiger charge is 2.42. The summed E-state index contributed by atoms with van der Waals surface area (Å²) in [5.41, 5.74) is -0.526. The number of halogens is 3. The normalized spacial score (nSPS) is 24.0. The van der Waals surface area contributed by atoms with Crippen molar-refractivity contribution in [3.63, 3.8) is 0 Å². The smallest absolute Gasteiger partial charge is 0.300 e. The van der Waals surface area contributed by atoms with Gasteiger partial charge >= 0.3 is 6.18 Å². The summed E-state index contributed by atoms with van der Waals surface area (Å²) in [6, 6.07) is 11.1. The van der Waals surface area contributed by atoms with Crippen molar-refractivity contribution >= 4 is 9.84 Å². The molecule has 1 N–H and O–H groups in total. The monoisotopic (exact) mass is 425 g/mol. The third kappa shape index (κ3) is 4.51. The molecule has 0 radical (unpaired) electrons. The van der Waals surface area contributed by atoms with Crippen LogP contribution in [-0.2, 0) is 16.0 Å². The molecule has 2 atom stereocenters. The van der Waals surface area contributed by atoms with Crippen LogP contribution < -0.4 is 5.32 Å². The van der Waals surface area contributed by atoms with E-state index in [1.54, 1.807) is 30.3 Å². The van der Waals surface area contributed by atoms with E-state index >= 15 is 0 Å². The second-order valence-electron chi connectivity index (χ2n) is 7.73. The number of hydrogen-bond acceptors (Lipinski definition) is 3. The van der Waals surface area contributed by atoms with Crippen molar-refractivity contribution in [1.82, 2.24) is 5.32 Å². The van der Waals surface area contributed by atoms with Gasteiger partial charge in [0.15, 0.2) is 9.84 Å². The Morgan fingerprint density at radius 3 is 2.48 bits per heavy atom.